The summed E-state index contributed by atoms with van der Waals surface area (Å²) in [4.78, 5) is 3.93. The summed E-state index contributed by atoms with van der Waals surface area (Å²) in [6.07, 6.45) is -3.15. The maximum absolute atomic E-state index is 13.2. The third kappa shape index (κ3) is 2.98. The molecule has 0 atom stereocenters. The van der Waals surface area contributed by atoms with Gasteiger partial charge in [0.15, 0.2) is 0 Å². The lowest BCUT2D eigenvalue weighted by atomic mass is 9.79. The summed E-state index contributed by atoms with van der Waals surface area (Å²) >= 11 is 0. The van der Waals surface area contributed by atoms with Crippen LogP contribution < -0.4 is 0 Å². The predicted molar refractivity (Wildman–Crippen MR) is 56.5 cm³/mol. The number of aromatic nitrogens is 1. The molecule has 1 fully saturated rings. The first kappa shape index (κ1) is 13.3. The number of rotatable bonds is 3. The van der Waals surface area contributed by atoms with Crippen molar-refractivity contribution in [1.29, 1.82) is 0 Å². The third-order valence-corrected chi connectivity index (χ3v) is 3.15. The van der Waals surface area contributed by atoms with Gasteiger partial charge >= 0.3 is 6.36 Å². The molecule has 6 heteroatoms. The molecule has 1 aliphatic carbocycles. The summed E-state index contributed by atoms with van der Waals surface area (Å²) < 4.78 is 52.9. The minimum atomic E-state index is -4.58. The Morgan fingerprint density at radius 3 is 2.61 bits per heavy atom. The molecule has 0 aromatic carbocycles. The number of aryl methyl sites for hydroxylation is 1. The second-order valence-electron chi connectivity index (χ2n) is 4.41. The summed E-state index contributed by atoms with van der Waals surface area (Å²) in [6, 6.07) is 1.63. The maximum atomic E-state index is 13.2. The Morgan fingerprint density at radius 1 is 1.39 bits per heavy atom. The van der Waals surface area contributed by atoms with Crippen molar-refractivity contribution >= 4 is 0 Å². The Kier molecular flexibility index (Phi) is 3.56. The van der Waals surface area contributed by atoms with Gasteiger partial charge in [-0.2, -0.15) is 0 Å². The van der Waals surface area contributed by atoms with E-state index in [0.717, 1.165) is 6.20 Å². The lowest BCUT2D eigenvalue weighted by Gasteiger charge is -2.35. The van der Waals surface area contributed by atoms with E-state index in [4.69, 9.17) is 0 Å². The fourth-order valence-electron chi connectivity index (χ4n) is 2.09. The molecule has 0 saturated heterocycles. The number of hydrogen-bond donors (Lipinski definition) is 0. The first-order chi connectivity index (χ1) is 8.39. The van der Waals surface area contributed by atoms with Crippen molar-refractivity contribution in [3.63, 3.8) is 0 Å². The van der Waals surface area contributed by atoms with Crippen molar-refractivity contribution in [2.45, 2.75) is 44.6 Å². The van der Waals surface area contributed by atoms with E-state index in [1.165, 1.54) is 0 Å². The van der Waals surface area contributed by atoms with E-state index >= 15 is 0 Å². The molecule has 1 aromatic heterocycles. The minimum absolute atomic E-state index is 0.0664. The monoisotopic (exact) mass is 263 g/mol. The van der Waals surface area contributed by atoms with Crippen LogP contribution in [0.5, 0.6) is 0 Å². The van der Waals surface area contributed by atoms with E-state index in [2.05, 4.69) is 9.72 Å². The molecule has 100 valence electrons. The second kappa shape index (κ2) is 4.84. The van der Waals surface area contributed by atoms with Crippen LogP contribution >= 0.6 is 0 Å². The topological polar surface area (TPSA) is 22.1 Å². The van der Waals surface area contributed by atoms with Crippen LogP contribution in [0.4, 0.5) is 17.6 Å². The Bertz CT molecular complexity index is 427. The molecule has 1 heterocycles. The Morgan fingerprint density at radius 2 is 2.06 bits per heavy atom. The van der Waals surface area contributed by atoms with Gasteiger partial charge in [-0.25, -0.2) is 4.39 Å². The molecule has 0 spiro atoms. The number of alkyl halides is 3. The average molecular weight is 263 g/mol. The molecule has 0 radical (unpaired) electrons. The lowest BCUT2D eigenvalue weighted by molar-refractivity contribution is -0.351. The van der Waals surface area contributed by atoms with Gasteiger partial charge in [0.25, 0.3) is 0 Å². The molecule has 0 aliphatic heterocycles. The number of ether oxygens (including phenoxy) is 1. The zero-order valence-electron chi connectivity index (χ0n) is 9.80. The summed E-state index contributed by atoms with van der Waals surface area (Å²) in [7, 11) is 0. The summed E-state index contributed by atoms with van der Waals surface area (Å²) in [5.41, 5.74) is 1.19. The van der Waals surface area contributed by atoms with Crippen LogP contribution in [0.1, 0.15) is 36.9 Å². The van der Waals surface area contributed by atoms with E-state index in [9.17, 15) is 17.6 Å². The Balaban J connectivity index is 1.96. The largest absolute Gasteiger partial charge is 0.522 e. The number of nitrogens with zero attached hydrogens (tertiary/aromatic N) is 1. The molecule has 2 rings (SSSR count). The molecule has 18 heavy (non-hydrogen) atoms. The molecular formula is C12H13F4NO. The first-order valence-corrected chi connectivity index (χ1v) is 5.78. The van der Waals surface area contributed by atoms with Gasteiger partial charge in [0.1, 0.15) is 5.82 Å². The van der Waals surface area contributed by atoms with Crippen molar-refractivity contribution in [1.82, 2.24) is 4.98 Å². The SMILES string of the molecule is CCc1cc(C2CC(OC(F)(F)F)C2)ncc1F. The normalized spacial score (nSPS) is 23.8. The van der Waals surface area contributed by atoms with Gasteiger partial charge in [0.05, 0.1) is 12.3 Å². The molecule has 0 unspecified atom stereocenters. The van der Waals surface area contributed by atoms with Crippen LogP contribution in [0.3, 0.4) is 0 Å². The Labute approximate surface area is 102 Å². The quantitative estimate of drug-likeness (QED) is 0.778. The molecule has 2 nitrogen and oxygen atoms in total. The summed E-state index contributed by atoms with van der Waals surface area (Å²) in [6.45, 7) is 1.82. The third-order valence-electron chi connectivity index (χ3n) is 3.15. The van der Waals surface area contributed by atoms with Crippen molar-refractivity contribution in [3.05, 3.63) is 29.3 Å². The van der Waals surface area contributed by atoms with E-state index < -0.39 is 12.5 Å². The number of hydrogen-bond acceptors (Lipinski definition) is 2. The number of pyridine rings is 1. The fourth-order valence-corrected chi connectivity index (χ4v) is 2.09. The molecule has 0 bridgehead atoms. The van der Waals surface area contributed by atoms with Gasteiger partial charge in [-0.3, -0.25) is 9.72 Å². The smallest absolute Gasteiger partial charge is 0.289 e. The highest BCUT2D eigenvalue weighted by atomic mass is 19.4. The van der Waals surface area contributed by atoms with Crippen LogP contribution in [0, 0.1) is 5.82 Å². The zero-order chi connectivity index (χ0) is 13.3. The van der Waals surface area contributed by atoms with Gasteiger partial charge in [-0.15, -0.1) is 13.2 Å². The van der Waals surface area contributed by atoms with Crippen LogP contribution in [-0.2, 0) is 11.2 Å². The molecule has 1 saturated carbocycles. The van der Waals surface area contributed by atoms with Gasteiger partial charge in [0.2, 0.25) is 0 Å². The number of halogens is 4. The van der Waals surface area contributed by atoms with E-state index in [-0.39, 0.29) is 24.6 Å². The molecule has 0 amide bonds. The van der Waals surface area contributed by atoms with Crippen molar-refractivity contribution in [3.8, 4) is 0 Å². The van der Waals surface area contributed by atoms with E-state index in [0.29, 0.717) is 17.7 Å². The fraction of sp³-hybridized carbons (Fsp3) is 0.583. The van der Waals surface area contributed by atoms with Crippen molar-refractivity contribution < 1.29 is 22.3 Å². The molecular weight excluding hydrogens is 250 g/mol. The van der Waals surface area contributed by atoms with Crippen LogP contribution in [0.2, 0.25) is 0 Å². The standard InChI is InChI=1S/C12H13F4NO/c1-2-7-5-11(17-6-10(7)13)8-3-9(4-8)18-12(14,15)16/h5-6,8-9H,2-4H2,1H3. The highest BCUT2D eigenvalue weighted by Gasteiger charge is 2.41. The summed E-state index contributed by atoms with van der Waals surface area (Å²) in [5, 5.41) is 0. The van der Waals surface area contributed by atoms with E-state index in [1.807, 2.05) is 6.92 Å². The van der Waals surface area contributed by atoms with Crippen molar-refractivity contribution in [2.75, 3.05) is 0 Å². The van der Waals surface area contributed by atoms with Gasteiger partial charge < -0.3 is 0 Å². The maximum Gasteiger partial charge on any atom is 0.522 e. The lowest BCUT2D eigenvalue weighted by Crippen LogP contribution is -2.35. The molecule has 0 N–H and O–H groups in total. The summed E-state index contributed by atoms with van der Waals surface area (Å²) in [5.74, 6) is -0.438. The molecule has 1 aromatic rings. The zero-order valence-corrected chi connectivity index (χ0v) is 9.80. The van der Waals surface area contributed by atoms with Crippen LogP contribution in [0.15, 0.2) is 12.3 Å². The highest BCUT2D eigenvalue weighted by molar-refractivity contribution is 5.22. The Hall–Kier alpha value is -1.17. The average Bonchev–Trinajstić information content (AvgIpc) is 2.23. The first-order valence-electron chi connectivity index (χ1n) is 5.78. The van der Waals surface area contributed by atoms with Gasteiger partial charge in [-0.1, -0.05) is 6.92 Å². The van der Waals surface area contributed by atoms with Crippen LogP contribution in [0.25, 0.3) is 0 Å². The van der Waals surface area contributed by atoms with E-state index in [1.54, 1.807) is 6.07 Å². The minimum Gasteiger partial charge on any atom is -0.289 e. The molecule has 1 aliphatic rings. The van der Waals surface area contributed by atoms with Gasteiger partial charge in [0, 0.05) is 11.6 Å². The van der Waals surface area contributed by atoms with Crippen molar-refractivity contribution in [2.24, 2.45) is 0 Å². The van der Waals surface area contributed by atoms with Gasteiger partial charge in [-0.05, 0) is 30.9 Å². The predicted octanol–water partition coefficient (Wildman–Crippen LogP) is 3.57. The second-order valence-corrected chi connectivity index (χ2v) is 4.41. The van der Waals surface area contributed by atoms with Crippen LogP contribution in [-0.4, -0.2) is 17.5 Å². The highest BCUT2D eigenvalue weighted by Crippen LogP contribution is 2.40.